The van der Waals surface area contributed by atoms with Crippen molar-refractivity contribution in [2.45, 2.75) is 19.1 Å². The van der Waals surface area contributed by atoms with Gasteiger partial charge in [-0.15, -0.1) is 0 Å². The normalized spacial score (nSPS) is 11.2. The summed E-state index contributed by atoms with van der Waals surface area (Å²) >= 11 is 0. The monoisotopic (exact) mass is 388 g/mol. The molecule has 28 heavy (non-hydrogen) atoms. The Morgan fingerprint density at radius 2 is 1.79 bits per heavy atom. The number of hydrogen-bond donors (Lipinski definition) is 2. The maximum atomic E-state index is 12.6. The molecule has 8 heteroatoms. The van der Waals surface area contributed by atoms with E-state index < -0.39 is 11.7 Å². The van der Waals surface area contributed by atoms with Crippen LogP contribution in [0.15, 0.2) is 67.3 Å². The Hall–Kier alpha value is -3.29. The minimum Gasteiger partial charge on any atom is -0.338 e. The molecule has 0 fully saturated rings. The van der Waals surface area contributed by atoms with E-state index in [1.165, 1.54) is 12.1 Å². The molecule has 0 radical (unpaired) electrons. The number of halogens is 3. The van der Waals surface area contributed by atoms with Gasteiger partial charge in [-0.05, 0) is 35.7 Å². The molecule has 3 rings (SSSR count). The molecule has 5 nitrogen and oxygen atoms in total. The van der Waals surface area contributed by atoms with Crippen LogP contribution in [-0.4, -0.2) is 22.1 Å². The SMILES string of the molecule is O=C(NCCc1ccc(C(F)(F)F)cc1)NCc1ccccc1-n1ccnc1. The average Bonchev–Trinajstić information content (AvgIpc) is 3.21. The summed E-state index contributed by atoms with van der Waals surface area (Å²) < 4.78 is 39.5. The molecule has 0 saturated heterocycles. The zero-order valence-electron chi connectivity index (χ0n) is 14.9. The maximum Gasteiger partial charge on any atom is 0.416 e. The van der Waals surface area contributed by atoms with Gasteiger partial charge in [0.15, 0.2) is 0 Å². The predicted molar refractivity (Wildman–Crippen MR) is 99.0 cm³/mol. The second-order valence-electron chi connectivity index (χ2n) is 6.15. The van der Waals surface area contributed by atoms with Crippen molar-refractivity contribution in [2.75, 3.05) is 6.54 Å². The minimum atomic E-state index is -4.34. The highest BCUT2D eigenvalue weighted by atomic mass is 19.4. The van der Waals surface area contributed by atoms with Gasteiger partial charge < -0.3 is 15.2 Å². The van der Waals surface area contributed by atoms with Crippen LogP contribution in [0, 0.1) is 0 Å². The van der Waals surface area contributed by atoms with Gasteiger partial charge in [0.1, 0.15) is 0 Å². The molecule has 3 aromatic rings. The Balaban J connectivity index is 1.47. The minimum absolute atomic E-state index is 0.320. The summed E-state index contributed by atoms with van der Waals surface area (Å²) in [6, 6.07) is 12.2. The Labute approximate surface area is 160 Å². The molecule has 0 atom stereocenters. The molecule has 0 bridgehead atoms. The smallest absolute Gasteiger partial charge is 0.338 e. The molecule has 1 aromatic heterocycles. The summed E-state index contributed by atoms with van der Waals surface area (Å²) in [5, 5.41) is 5.49. The van der Waals surface area contributed by atoms with Crippen molar-refractivity contribution in [3.05, 3.63) is 83.9 Å². The highest BCUT2D eigenvalue weighted by Gasteiger charge is 2.29. The van der Waals surface area contributed by atoms with Crippen LogP contribution < -0.4 is 10.6 Å². The Morgan fingerprint density at radius 1 is 1.04 bits per heavy atom. The standard InChI is InChI=1S/C20H19F3N4O/c21-20(22,23)17-7-5-15(6-8-17)9-10-25-19(28)26-13-16-3-1-2-4-18(16)27-12-11-24-14-27/h1-8,11-12,14H,9-10,13H2,(H2,25,26,28). The van der Waals surface area contributed by atoms with Gasteiger partial charge in [0.25, 0.3) is 0 Å². The highest BCUT2D eigenvalue weighted by molar-refractivity contribution is 5.74. The number of nitrogens with zero attached hydrogens (tertiary/aromatic N) is 2. The number of carbonyl (C=O) groups is 1. The van der Waals surface area contributed by atoms with Gasteiger partial charge in [-0.25, -0.2) is 9.78 Å². The van der Waals surface area contributed by atoms with Crippen LogP contribution >= 0.6 is 0 Å². The lowest BCUT2D eigenvalue weighted by atomic mass is 10.1. The molecule has 0 unspecified atom stereocenters. The van der Waals surface area contributed by atoms with Gasteiger partial charge in [0.05, 0.1) is 17.6 Å². The van der Waals surface area contributed by atoms with Gasteiger partial charge in [-0.2, -0.15) is 13.2 Å². The number of aromatic nitrogens is 2. The van der Waals surface area contributed by atoms with Gasteiger partial charge in [-0.3, -0.25) is 0 Å². The van der Waals surface area contributed by atoms with Crippen LogP contribution in [0.25, 0.3) is 5.69 Å². The van der Waals surface area contributed by atoms with Crippen molar-refractivity contribution >= 4 is 6.03 Å². The molecular formula is C20H19F3N4O. The number of rotatable bonds is 6. The first-order chi connectivity index (χ1) is 13.4. The van der Waals surface area contributed by atoms with E-state index >= 15 is 0 Å². The molecule has 0 saturated carbocycles. The fraction of sp³-hybridized carbons (Fsp3) is 0.200. The highest BCUT2D eigenvalue weighted by Crippen LogP contribution is 2.29. The summed E-state index contributed by atoms with van der Waals surface area (Å²) in [5.41, 5.74) is 1.89. The summed E-state index contributed by atoms with van der Waals surface area (Å²) in [6.45, 7) is 0.654. The first-order valence-electron chi connectivity index (χ1n) is 8.67. The third kappa shape index (κ3) is 5.12. The van der Waals surface area contributed by atoms with E-state index in [2.05, 4.69) is 15.6 Å². The zero-order chi connectivity index (χ0) is 20.0. The molecule has 2 aromatic carbocycles. The van der Waals surface area contributed by atoms with E-state index in [1.807, 2.05) is 35.0 Å². The van der Waals surface area contributed by atoms with Crippen molar-refractivity contribution in [3.8, 4) is 5.69 Å². The molecule has 0 aliphatic carbocycles. The van der Waals surface area contributed by atoms with E-state index in [0.29, 0.717) is 19.5 Å². The van der Waals surface area contributed by atoms with Crippen LogP contribution in [0.3, 0.4) is 0 Å². The molecule has 2 amide bonds. The Bertz CT molecular complexity index is 906. The van der Waals surface area contributed by atoms with E-state index in [0.717, 1.165) is 28.9 Å². The zero-order valence-corrected chi connectivity index (χ0v) is 14.9. The van der Waals surface area contributed by atoms with Gasteiger partial charge in [-0.1, -0.05) is 30.3 Å². The maximum absolute atomic E-state index is 12.6. The van der Waals surface area contributed by atoms with Crippen molar-refractivity contribution in [1.82, 2.24) is 20.2 Å². The number of benzene rings is 2. The second kappa shape index (κ2) is 8.60. The fourth-order valence-corrected chi connectivity index (χ4v) is 2.73. The first kappa shape index (κ1) is 19.5. The van der Waals surface area contributed by atoms with E-state index in [-0.39, 0.29) is 6.03 Å². The Kier molecular flexibility index (Phi) is 5.98. The molecule has 0 aliphatic heterocycles. The molecule has 146 valence electrons. The lowest BCUT2D eigenvalue weighted by Crippen LogP contribution is -2.36. The quantitative estimate of drug-likeness (QED) is 0.672. The van der Waals surface area contributed by atoms with Crippen LogP contribution in [0.2, 0.25) is 0 Å². The van der Waals surface area contributed by atoms with Gasteiger partial charge >= 0.3 is 12.2 Å². The third-order valence-electron chi connectivity index (χ3n) is 4.19. The average molecular weight is 388 g/mol. The number of imidazole rings is 1. The van der Waals surface area contributed by atoms with Crippen molar-refractivity contribution in [1.29, 1.82) is 0 Å². The lowest BCUT2D eigenvalue weighted by Gasteiger charge is -2.12. The fourth-order valence-electron chi connectivity index (χ4n) is 2.73. The molecule has 2 N–H and O–H groups in total. The summed E-state index contributed by atoms with van der Waals surface area (Å²) in [6.07, 6.45) is 1.28. The van der Waals surface area contributed by atoms with E-state index in [9.17, 15) is 18.0 Å². The molecule has 1 heterocycles. The number of nitrogens with one attached hydrogen (secondary N) is 2. The van der Waals surface area contributed by atoms with Crippen molar-refractivity contribution < 1.29 is 18.0 Å². The largest absolute Gasteiger partial charge is 0.416 e. The predicted octanol–water partition coefficient (Wildman–Crippen LogP) is 3.93. The molecule has 0 aliphatic rings. The van der Waals surface area contributed by atoms with Crippen LogP contribution in [-0.2, 0) is 19.1 Å². The topological polar surface area (TPSA) is 59.0 Å². The number of carbonyl (C=O) groups excluding carboxylic acids is 1. The lowest BCUT2D eigenvalue weighted by molar-refractivity contribution is -0.137. The van der Waals surface area contributed by atoms with E-state index in [1.54, 1.807) is 12.5 Å². The number of para-hydroxylation sites is 1. The summed E-state index contributed by atoms with van der Waals surface area (Å²) in [7, 11) is 0. The number of alkyl halides is 3. The van der Waals surface area contributed by atoms with Gasteiger partial charge in [0.2, 0.25) is 0 Å². The summed E-state index contributed by atoms with van der Waals surface area (Å²) in [4.78, 5) is 16.0. The van der Waals surface area contributed by atoms with Crippen molar-refractivity contribution in [3.63, 3.8) is 0 Å². The molecular weight excluding hydrogens is 369 g/mol. The second-order valence-corrected chi connectivity index (χ2v) is 6.15. The van der Waals surface area contributed by atoms with E-state index in [4.69, 9.17) is 0 Å². The third-order valence-corrected chi connectivity index (χ3v) is 4.19. The van der Waals surface area contributed by atoms with Crippen LogP contribution in [0.4, 0.5) is 18.0 Å². The number of amides is 2. The van der Waals surface area contributed by atoms with Gasteiger partial charge in [0, 0.05) is 25.5 Å². The Morgan fingerprint density at radius 3 is 2.46 bits per heavy atom. The number of hydrogen-bond acceptors (Lipinski definition) is 2. The molecule has 0 spiro atoms. The summed E-state index contributed by atoms with van der Waals surface area (Å²) in [5.74, 6) is 0. The van der Waals surface area contributed by atoms with Crippen LogP contribution in [0.5, 0.6) is 0 Å². The van der Waals surface area contributed by atoms with Crippen molar-refractivity contribution in [2.24, 2.45) is 0 Å². The number of urea groups is 1. The van der Waals surface area contributed by atoms with Crippen LogP contribution in [0.1, 0.15) is 16.7 Å². The first-order valence-corrected chi connectivity index (χ1v) is 8.67.